The second kappa shape index (κ2) is 5.54. The molecular formula is C15H19NO4. The number of hydrogen-bond acceptors (Lipinski definition) is 3. The Morgan fingerprint density at radius 2 is 2.15 bits per heavy atom. The molecule has 0 spiro atoms. The first-order valence-electron chi connectivity index (χ1n) is 6.62. The summed E-state index contributed by atoms with van der Waals surface area (Å²) in [4.78, 5) is 11.0. The van der Waals surface area contributed by atoms with E-state index in [9.17, 15) is 9.90 Å². The molecule has 2 aromatic rings. The summed E-state index contributed by atoms with van der Waals surface area (Å²) < 4.78 is 7.39. The molecule has 5 heteroatoms. The van der Waals surface area contributed by atoms with Gasteiger partial charge >= 0.3 is 5.97 Å². The van der Waals surface area contributed by atoms with Crippen LogP contribution in [-0.4, -0.2) is 33.0 Å². The molecule has 0 aliphatic rings. The lowest BCUT2D eigenvalue weighted by molar-refractivity contribution is -0.157. The number of carboxylic acids is 1. The summed E-state index contributed by atoms with van der Waals surface area (Å²) in [5, 5.41) is 19.8. The fourth-order valence-electron chi connectivity index (χ4n) is 2.07. The number of rotatable bonds is 6. The summed E-state index contributed by atoms with van der Waals surface area (Å²) in [5.41, 5.74) is -0.952. The van der Waals surface area contributed by atoms with Gasteiger partial charge in [0.15, 0.2) is 5.60 Å². The molecule has 108 valence electrons. The third-order valence-electron chi connectivity index (χ3n) is 3.17. The van der Waals surface area contributed by atoms with Crippen molar-refractivity contribution >= 4 is 16.9 Å². The number of carbonyl (C=O) groups is 1. The molecule has 2 N–H and O–H groups in total. The molecule has 0 radical (unpaired) electrons. The maximum Gasteiger partial charge on any atom is 0.337 e. The van der Waals surface area contributed by atoms with Gasteiger partial charge in [0.1, 0.15) is 5.75 Å². The van der Waals surface area contributed by atoms with Crippen LogP contribution < -0.4 is 4.74 Å². The van der Waals surface area contributed by atoms with Crippen LogP contribution in [0.15, 0.2) is 30.5 Å². The van der Waals surface area contributed by atoms with E-state index in [1.165, 1.54) is 6.92 Å². The lowest BCUT2D eigenvalue weighted by Crippen LogP contribution is -2.39. The molecule has 1 aromatic carbocycles. The monoisotopic (exact) mass is 277 g/mol. The third-order valence-corrected chi connectivity index (χ3v) is 3.17. The van der Waals surface area contributed by atoms with Crippen molar-refractivity contribution < 1.29 is 19.7 Å². The summed E-state index contributed by atoms with van der Waals surface area (Å²) in [5.74, 6) is -0.462. The van der Waals surface area contributed by atoms with Gasteiger partial charge in [-0.3, -0.25) is 0 Å². The van der Waals surface area contributed by atoms with Gasteiger partial charge in [0, 0.05) is 11.6 Å². The molecule has 1 heterocycles. The first kappa shape index (κ1) is 14.4. The maximum absolute atomic E-state index is 11.0. The Morgan fingerprint density at radius 1 is 1.40 bits per heavy atom. The lowest BCUT2D eigenvalue weighted by atomic mass is 10.1. The van der Waals surface area contributed by atoms with Crippen molar-refractivity contribution in [1.29, 1.82) is 0 Å². The predicted octanol–water partition coefficient (Wildman–Crippen LogP) is 2.27. The van der Waals surface area contributed by atoms with Gasteiger partial charge in [-0.2, -0.15) is 0 Å². The van der Waals surface area contributed by atoms with E-state index in [1.54, 1.807) is 10.8 Å². The van der Waals surface area contributed by atoms with Crippen LogP contribution in [0.1, 0.15) is 20.3 Å². The zero-order chi connectivity index (χ0) is 14.8. The predicted molar refractivity (Wildman–Crippen MR) is 76.0 cm³/mol. The summed E-state index contributed by atoms with van der Waals surface area (Å²) >= 11 is 0. The van der Waals surface area contributed by atoms with Crippen LogP contribution in [0.2, 0.25) is 0 Å². The fraction of sp³-hybridized carbons (Fsp3) is 0.400. The van der Waals surface area contributed by atoms with Gasteiger partial charge in [-0.15, -0.1) is 0 Å². The Bertz CT molecular complexity index is 615. The van der Waals surface area contributed by atoms with Gasteiger partial charge in [0.25, 0.3) is 0 Å². The van der Waals surface area contributed by atoms with Gasteiger partial charge in [-0.05, 0) is 31.5 Å². The normalized spacial score (nSPS) is 14.2. The van der Waals surface area contributed by atoms with E-state index in [0.29, 0.717) is 6.61 Å². The van der Waals surface area contributed by atoms with Gasteiger partial charge in [0.05, 0.1) is 18.7 Å². The van der Waals surface area contributed by atoms with Crippen LogP contribution in [0.3, 0.4) is 0 Å². The molecule has 5 nitrogen and oxygen atoms in total. The van der Waals surface area contributed by atoms with Gasteiger partial charge in [-0.25, -0.2) is 4.79 Å². The van der Waals surface area contributed by atoms with Crippen molar-refractivity contribution in [2.45, 2.75) is 32.4 Å². The smallest absolute Gasteiger partial charge is 0.337 e. The van der Waals surface area contributed by atoms with Crippen LogP contribution in [0, 0.1) is 0 Å². The summed E-state index contributed by atoms with van der Waals surface area (Å²) in [6, 6.07) is 7.50. The number of nitrogens with zero attached hydrogens (tertiary/aromatic N) is 1. The Morgan fingerprint density at radius 3 is 2.80 bits per heavy atom. The van der Waals surface area contributed by atoms with E-state index in [1.807, 2.05) is 31.2 Å². The molecular weight excluding hydrogens is 258 g/mol. The molecule has 0 fully saturated rings. The van der Waals surface area contributed by atoms with Gasteiger partial charge < -0.3 is 19.5 Å². The highest BCUT2D eigenvalue weighted by molar-refractivity contribution is 5.87. The summed E-state index contributed by atoms with van der Waals surface area (Å²) in [7, 11) is 0. The van der Waals surface area contributed by atoms with Crippen molar-refractivity contribution in [3.8, 4) is 5.75 Å². The summed E-state index contributed by atoms with van der Waals surface area (Å²) in [6.45, 7) is 3.95. The molecule has 2 rings (SSSR count). The molecule has 0 saturated heterocycles. The van der Waals surface area contributed by atoms with Crippen LogP contribution in [0.25, 0.3) is 10.9 Å². The van der Waals surface area contributed by atoms with E-state index in [0.717, 1.165) is 23.1 Å². The highest BCUT2D eigenvalue weighted by atomic mass is 16.5. The maximum atomic E-state index is 11.0. The van der Waals surface area contributed by atoms with E-state index in [4.69, 9.17) is 9.84 Å². The number of hydrogen-bond donors (Lipinski definition) is 2. The van der Waals surface area contributed by atoms with Crippen molar-refractivity contribution in [2.75, 3.05) is 6.61 Å². The number of aliphatic hydroxyl groups is 1. The van der Waals surface area contributed by atoms with Crippen LogP contribution in [0.4, 0.5) is 0 Å². The van der Waals surface area contributed by atoms with Crippen LogP contribution in [0.5, 0.6) is 5.75 Å². The first-order valence-corrected chi connectivity index (χ1v) is 6.62. The SMILES string of the molecule is CCCOc1cccc2c1ccn2CC(C)(O)C(=O)O. The average molecular weight is 277 g/mol. The highest BCUT2D eigenvalue weighted by Gasteiger charge is 2.30. The Balaban J connectivity index is 2.35. The molecule has 0 aliphatic carbocycles. The molecule has 1 aromatic heterocycles. The van der Waals surface area contributed by atoms with Crippen molar-refractivity contribution in [1.82, 2.24) is 4.57 Å². The zero-order valence-electron chi connectivity index (χ0n) is 11.7. The second-order valence-electron chi connectivity index (χ2n) is 5.06. The number of aliphatic carboxylic acids is 1. The molecule has 0 aliphatic heterocycles. The summed E-state index contributed by atoms with van der Waals surface area (Å²) in [6.07, 6.45) is 2.69. The Labute approximate surface area is 117 Å². The van der Waals surface area contributed by atoms with E-state index >= 15 is 0 Å². The van der Waals surface area contributed by atoms with Crippen LogP contribution in [-0.2, 0) is 11.3 Å². The van der Waals surface area contributed by atoms with E-state index in [2.05, 4.69) is 0 Å². The molecule has 20 heavy (non-hydrogen) atoms. The molecule has 1 atom stereocenters. The second-order valence-corrected chi connectivity index (χ2v) is 5.06. The highest BCUT2D eigenvalue weighted by Crippen LogP contribution is 2.27. The van der Waals surface area contributed by atoms with E-state index < -0.39 is 11.6 Å². The third kappa shape index (κ3) is 2.77. The van der Waals surface area contributed by atoms with Gasteiger partial charge in [0.2, 0.25) is 0 Å². The lowest BCUT2D eigenvalue weighted by Gasteiger charge is -2.19. The largest absolute Gasteiger partial charge is 0.493 e. The molecule has 0 bridgehead atoms. The minimum absolute atomic E-state index is 0.0108. The van der Waals surface area contributed by atoms with E-state index in [-0.39, 0.29) is 6.54 Å². The van der Waals surface area contributed by atoms with Crippen molar-refractivity contribution in [3.63, 3.8) is 0 Å². The minimum Gasteiger partial charge on any atom is -0.493 e. The number of ether oxygens (including phenoxy) is 1. The molecule has 0 saturated carbocycles. The van der Waals surface area contributed by atoms with Crippen molar-refractivity contribution in [2.24, 2.45) is 0 Å². The van der Waals surface area contributed by atoms with Crippen molar-refractivity contribution in [3.05, 3.63) is 30.5 Å². The van der Waals surface area contributed by atoms with Gasteiger partial charge in [-0.1, -0.05) is 13.0 Å². The topological polar surface area (TPSA) is 71.7 Å². The number of fused-ring (bicyclic) bond motifs is 1. The first-order chi connectivity index (χ1) is 9.45. The average Bonchev–Trinajstić information content (AvgIpc) is 2.79. The molecule has 1 unspecified atom stereocenters. The Hall–Kier alpha value is -2.01. The Kier molecular flexibility index (Phi) is 3.99. The minimum atomic E-state index is -1.80. The molecule has 0 amide bonds. The fourth-order valence-corrected chi connectivity index (χ4v) is 2.07. The van der Waals surface area contributed by atoms with Crippen LogP contribution >= 0.6 is 0 Å². The number of carboxylic acid groups (broad SMARTS) is 1. The quantitative estimate of drug-likeness (QED) is 0.849. The zero-order valence-corrected chi connectivity index (χ0v) is 11.7. The number of benzene rings is 1. The number of aromatic nitrogens is 1. The standard InChI is InChI=1S/C15H19NO4/c1-3-9-20-13-6-4-5-12-11(13)7-8-16(12)10-15(2,19)14(17)18/h4-8,19H,3,9-10H2,1-2H3,(H,17,18).